The van der Waals surface area contributed by atoms with Crippen LogP contribution in [0.5, 0.6) is 0 Å². The first-order valence-corrected chi connectivity index (χ1v) is 7.63. The highest BCUT2D eigenvalue weighted by molar-refractivity contribution is 6.30. The molecule has 2 N–H and O–H groups in total. The number of anilines is 1. The molecule has 0 radical (unpaired) electrons. The minimum absolute atomic E-state index is 0.00479. The third-order valence-corrected chi connectivity index (χ3v) is 4.51. The number of nitrogens with one attached hydrogen (secondary N) is 2. The van der Waals surface area contributed by atoms with Crippen LogP contribution in [0.25, 0.3) is 0 Å². The highest BCUT2D eigenvalue weighted by atomic mass is 35.5. The van der Waals surface area contributed by atoms with Gasteiger partial charge in [0.1, 0.15) is 0 Å². The highest BCUT2D eigenvalue weighted by Gasteiger charge is 2.45. The van der Waals surface area contributed by atoms with Gasteiger partial charge in [-0.1, -0.05) is 37.1 Å². The summed E-state index contributed by atoms with van der Waals surface area (Å²) in [5, 5.41) is 10.6. The quantitative estimate of drug-likeness (QED) is 0.905. The second kappa shape index (κ2) is 5.53. The molecule has 1 aromatic heterocycles. The van der Waals surface area contributed by atoms with Gasteiger partial charge in [-0.15, -0.1) is 0 Å². The van der Waals surface area contributed by atoms with Crippen molar-refractivity contribution in [1.29, 1.82) is 0 Å². The minimum atomic E-state index is -0.462. The van der Waals surface area contributed by atoms with Gasteiger partial charge in [0.15, 0.2) is 5.82 Å². The number of aryl methyl sites for hydroxylation is 1. The van der Waals surface area contributed by atoms with Gasteiger partial charge in [-0.05, 0) is 37.0 Å². The maximum Gasteiger partial charge on any atom is 0.236 e. The molecule has 0 bridgehead atoms. The lowest BCUT2D eigenvalue weighted by molar-refractivity contribution is -0.124. The Balaban J connectivity index is 1.84. The first-order valence-electron chi connectivity index (χ1n) is 7.26. The van der Waals surface area contributed by atoms with Crippen LogP contribution in [-0.4, -0.2) is 16.1 Å². The van der Waals surface area contributed by atoms with Crippen LogP contribution in [0.1, 0.15) is 37.4 Å². The summed E-state index contributed by atoms with van der Waals surface area (Å²) in [6.45, 7) is 2.04. The fourth-order valence-corrected chi connectivity index (χ4v) is 3.00. The van der Waals surface area contributed by atoms with Gasteiger partial charge in [0.25, 0.3) is 0 Å². The largest absolute Gasteiger partial charge is 0.308 e. The third kappa shape index (κ3) is 2.56. The number of aromatic nitrogens is 2. The molecule has 3 rings (SSSR count). The Hall–Kier alpha value is -1.81. The molecule has 1 fully saturated rings. The van der Waals surface area contributed by atoms with Crippen LogP contribution in [0.3, 0.4) is 0 Å². The maximum absolute atomic E-state index is 12.7. The van der Waals surface area contributed by atoms with Gasteiger partial charge in [0.2, 0.25) is 5.91 Å². The average Bonchev–Trinajstić information content (AvgIpc) is 2.85. The van der Waals surface area contributed by atoms with Crippen molar-refractivity contribution in [3.05, 3.63) is 46.6 Å². The Morgan fingerprint density at radius 3 is 2.81 bits per heavy atom. The normalized spacial score (nSPS) is 16.3. The summed E-state index contributed by atoms with van der Waals surface area (Å²) in [5.74, 6) is 0.593. The smallest absolute Gasteiger partial charge is 0.236 e. The Morgan fingerprint density at radius 2 is 2.24 bits per heavy atom. The number of carbonyl (C=O) groups is 1. The molecule has 0 unspecified atom stereocenters. The molecule has 1 amide bonds. The van der Waals surface area contributed by atoms with Gasteiger partial charge in [-0.3, -0.25) is 9.89 Å². The number of hydrogen-bond acceptors (Lipinski definition) is 2. The number of halogens is 1. The van der Waals surface area contributed by atoms with Crippen LogP contribution in [0.15, 0.2) is 30.3 Å². The summed E-state index contributed by atoms with van der Waals surface area (Å²) < 4.78 is 0. The highest BCUT2D eigenvalue weighted by Crippen LogP contribution is 2.45. The molecule has 5 heteroatoms. The van der Waals surface area contributed by atoms with E-state index in [1.54, 1.807) is 0 Å². The van der Waals surface area contributed by atoms with E-state index in [9.17, 15) is 4.79 Å². The van der Waals surface area contributed by atoms with Gasteiger partial charge < -0.3 is 5.32 Å². The zero-order chi connectivity index (χ0) is 14.9. The number of aromatic amines is 1. The van der Waals surface area contributed by atoms with Crippen molar-refractivity contribution in [3.8, 4) is 0 Å². The van der Waals surface area contributed by atoms with E-state index in [0.717, 1.165) is 36.9 Å². The van der Waals surface area contributed by atoms with Crippen molar-refractivity contribution >= 4 is 23.3 Å². The van der Waals surface area contributed by atoms with Crippen LogP contribution in [0, 0.1) is 0 Å². The molecule has 1 heterocycles. The molecule has 0 atom stereocenters. The Morgan fingerprint density at radius 1 is 1.43 bits per heavy atom. The SMILES string of the molecule is CCc1cc(NC(=O)C2(c3cccc(Cl)c3)CCC2)n[nH]1. The van der Waals surface area contributed by atoms with Crippen molar-refractivity contribution in [2.45, 2.75) is 38.0 Å². The zero-order valence-corrected chi connectivity index (χ0v) is 12.7. The monoisotopic (exact) mass is 303 g/mol. The van der Waals surface area contributed by atoms with Crippen LogP contribution in [0.2, 0.25) is 5.02 Å². The predicted octanol–water partition coefficient (Wildman–Crippen LogP) is 3.69. The van der Waals surface area contributed by atoms with Crippen LogP contribution >= 0.6 is 11.6 Å². The minimum Gasteiger partial charge on any atom is -0.308 e. The second-order valence-electron chi connectivity index (χ2n) is 5.53. The van der Waals surface area contributed by atoms with E-state index < -0.39 is 5.41 Å². The van der Waals surface area contributed by atoms with E-state index in [1.807, 2.05) is 37.3 Å². The fourth-order valence-electron chi connectivity index (χ4n) is 2.81. The van der Waals surface area contributed by atoms with Crippen molar-refractivity contribution in [1.82, 2.24) is 10.2 Å². The number of benzene rings is 1. The summed E-state index contributed by atoms with van der Waals surface area (Å²) >= 11 is 6.07. The molecular weight excluding hydrogens is 286 g/mol. The van der Waals surface area contributed by atoms with Crippen LogP contribution < -0.4 is 5.32 Å². The lowest BCUT2D eigenvalue weighted by Crippen LogP contribution is -2.46. The van der Waals surface area contributed by atoms with Crippen molar-refractivity contribution in [3.63, 3.8) is 0 Å². The molecule has 2 aromatic rings. The van der Waals surface area contributed by atoms with Gasteiger partial charge in [-0.2, -0.15) is 5.10 Å². The van der Waals surface area contributed by atoms with E-state index in [1.165, 1.54) is 0 Å². The number of H-pyrrole nitrogens is 1. The molecule has 0 spiro atoms. The van der Waals surface area contributed by atoms with E-state index in [0.29, 0.717) is 10.8 Å². The number of nitrogens with zero attached hydrogens (tertiary/aromatic N) is 1. The van der Waals surface area contributed by atoms with E-state index in [-0.39, 0.29) is 5.91 Å². The summed E-state index contributed by atoms with van der Waals surface area (Å²) in [7, 11) is 0. The van der Waals surface area contributed by atoms with Gasteiger partial charge in [-0.25, -0.2) is 0 Å². The average molecular weight is 304 g/mol. The first kappa shape index (κ1) is 14.1. The van der Waals surface area contributed by atoms with Crippen molar-refractivity contribution in [2.75, 3.05) is 5.32 Å². The summed E-state index contributed by atoms with van der Waals surface area (Å²) in [6.07, 6.45) is 3.62. The Labute approximate surface area is 128 Å². The summed E-state index contributed by atoms with van der Waals surface area (Å²) in [5.41, 5.74) is 1.54. The molecule has 4 nitrogen and oxygen atoms in total. The van der Waals surface area contributed by atoms with Gasteiger partial charge in [0.05, 0.1) is 5.41 Å². The fraction of sp³-hybridized carbons (Fsp3) is 0.375. The van der Waals surface area contributed by atoms with E-state index in [2.05, 4.69) is 15.5 Å². The topological polar surface area (TPSA) is 57.8 Å². The second-order valence-corrected chi connectivity index (χ2v) is 5.97. The summed E-state index contributed by atoms with van der Waals surface area (Å²) in [4.78, 5) is 12.7. The Bertz CT molecular complexity index is 661. The predicted molar refractivity (Wildman–Crippen MR) is 83.6 cm³/mol. The van der Waals surface area contributed by atoms with Gasteiger partial charge in [0, 0.05) is 16.8 Å². The summed E-state index contributed by atoms with van der Waals surface area (Å²) in [6, 6.07) is 9.47. The molecule has 1 aliphatic carbocycles. The standard InChI is InChI=1S/C16H18ClN3O/c1-2-13-10-14(20-19-13)18-15(21)16(7-4-8-16)11-5-3-6-12(17)9-11/h3,5-6,9-10H,2,4,7-8H2,1H3,(H2,18,19,20,21). The van der Waals surface area contributed by atoms with Crippen molar-refractivity contribution < 1.29 is 4.79 Å². The van der Waals surface area contributed by atoms with E-state index >= 15 is 0 Å². The molecule has 21 heavy (non-hydrogen) atoms. The lowest BCUT2D eigenvalue weighted by Gasteiger charge is -2.40. The number of hydrogen-bond donors (Lipinski definition) is 2. The van der Waals surface area contributed by atoms with Crippen LogP contribution in [-0.2, 0) is 16.6 Å². The number of amides is 1. The molecule has 1 saturated carbocycles. The molecule has 110 valence electrons. The van der Waals surface area contributed by atoms with Gasteiger partial charge >= 0.3 is 0 Å². The molecule has 0 aliphatic heterocycles. The molecular formula is C16H18ClN3O. The molecule has 1 aliphatic rings. The molecule has 0 saturated heterocycles. The van der Waals surface area contributed by atoms with Crippen LogP contribution in [0.4, 0.5) is 5.82 Å². The van der Waals surface area contributed by atoms with Crippen molar-refractivity contribution in [2.24, 2.45) is 0 Å². The first-order chi connectivity index (χ1) is 10.1. The maximum atomic E-state index is 12.7. The number of carbonyl (C=O) groups excluding carboxylic acids is 1. The number of rotatable bonds is 4. The molecule has 1 aromatic carbocycles. The Kier molecular flexibility index (Phi) is 3.72. The third-order valence-electron chi connectivity index (χ3n) is 4.27. The lowest BCUT2D eigenvalue weighted by atomic mass is 9.64. The zero-order valence-electron chi connectivity index (χ0n) is 11.9. The van der Waals surface area contributed by atoms with E-state index in [4.69, 9.17) is 11.6 Å².